The van der Waals surface area contributed by atoms with E-state index in [2.05, 4.69) is 4.98 Å². The van der Waals surface area contributed by atoms with Crippen molar-refractivity contribution in [1.29, 1.82) is 0 Å². The molecule has 2 rings (SSSR count). The first kappa shape index (κ1) is 13.5. The molecule has 1 aliphatic carbocycles. The Morgan fingerprint density at radius 3 is 2.74 bits per heavy atom. The van der Waals surface area contributed by atoms with Crippen LogP contribution < -0.4 is 0 Å². The fourth-order valence-corrected chi connectivity index (χ4v) is 2.54. The van der Waals surface area contributed by atoms with Crippen LogP contribution in [0.1, 0.15) is 46.5 Å². The predicted octanol–water partition coefficient (Wildman–Crippen LogP) is 2.04. The summed E-state index contributed by atoms with van der Waals surface area (Å²) in [6, 6.07) is 2.71. The lowest BCUT2D eigenvalue weighted by Gasteiger charge is -2.20. The molecule has 0 aromatic carbocycles. The van der Waals surface area contributed by atoms with Crippen LogP contribution in [0, 0.1) is 5.92 Å². The Hall–Kier alpha value is -1.91. The summed E-state index contributed by atoms with van der Waals surface area (Å²) in [6.07, 6.45) is 6.17. The number of hydrogen-bond donors (Lipinski definition) is 1. The summed E-state index contributed by atoms with van der Waals surface area (Å²) < 4.78 is 0. The molecular weight excluding hydrogens is 244 g/mol. The number of nitrogens with zero attached hydrogens (tertiary/aromatic N) is 2. The predicted molar refractivity (Wildman–Crippen MR) is 70.1 cm³/mol. The van der Waals surface area contributed by atoms with Crippen molar-refractivity contribution in [2.24, 2.45) is 5.92 Å². The molecule has 1 fully saturated rings. The number of aromatic carboxylic acids is 1. The van der Waals surface area contributed by atoms with Crippen LogP contribution in [-0.2, 0) is 0 Å². The lowest BCUT2D eigenvalue weighted by molar-refractivity contribution is 0.0696. The van der Waals surface area contributed by atoms with Gasteiger partial charge in [-0.15, -0.1) is 0 Å². The maximum absolute atomic E-state index is 12.2. The molecule has 0 bridgehead atoms. The number of hydrogen-bond acceptors (Lipinski definition) is 3. The minimum atomic E-state index is -1.05. The maximum Gasteiger partial charge on any atom is 0.335 e. The molecule has 0 saturated heterocycles. The van der Waals surface area contributed by atoms with E-state index in [1.54, 1.807) is 11.9 Å². The van der Waals surface area contributed by atoms with Crippen molar-refractivity contribution in [3.63, 3.8) is 0 Å². The van der Waals surface area contributed by atoms with E-state index in [0.717, 1.165) is 6.54 Å². The van der Waals surface area contributed by atoms with E-state index in [0.29, 0.717) is 5.92 Å². The minimum Gasteiger partial charge on any atom is -0.478 e. The zero-order valence-electron chi connectivity index (χ0n) is 11.0. The second kappa shape index (κ2) is 5.82. The first-order valence-corrected chi connectivity index (χ1v) is 6.52. The average molecular weight is 262 g/mol. The molecule has 5 nitrogen and oxygen atoms in total. The van der Waals surface area contributed by atoms with E-state index in [9.17, 15) is 9.59 Å². The van der Waals surface area contributed by atoms with Crippen molar-refractivity contribution < 1.29 is 14.7 Å². The van der Waals surface area contributed by atoms with Crippen LogP contribution in [-0.4, -0.2) is 40.5 Å². The summed E-state index contributed by atoms with van der Waals surface area (Å²) in [6.45, 7) is 0.720. The van der Waals surface area contributed by atoms with Crippen LogP contribution in [0.5, 0.6) is 0 Å². The lowest BCUT2D eigenvalue weighted by Crippen LogP contribution is -2.31. The van der Waals surface area contributed by atoms with Crippen LogP contribution in [0.15, 0.2) is 18.3 Å². The number of amides is 1. The highest BCUT2D eigenvalue weighted by Gasteiger charge is 2.21. The SMILES string of the molecule is CN(CC1CCCC1)C(=O)c1cc(C(=O)O)ccn1. The highest BCUT2D eigenvalue weighted by atomic mass is 16.4. The number of carboxylic acid groups (broad SMARTS) is 1. The molecule has 19 heavy (non-hydrogen) atoms. The monoisotopic (exact) mass is 262 g/mol. The Morgan fingerprint density at radius 2 is 2.11 bits per heavy atom. The van der Waals surface area contributed by atoms with Crippen LogP contribution in [0.2, 0.25) is 0 Å². The molecule has 1 heterocycles. The van der Waals surface area contributed by atoms with Crippen molar-refractivity contribution in [3.8, 4) is 0 Å². The smallest absolute Gasteiger partial charge is 0.335 e. The molecule has 1 aromatic heterocycles. The Kier molecular flexibility index (Phi) is 4.14. The van der Waals surface area contributed by atoms with Gasteiger partial charge in [0.15, 0.2) is 0 Å². The van der Waals surface area contributed by atoms with Crippen LogP contribution >= 0.6 is 0 Å². The van der Waals surface area contributed by atoms with Crippen molar-refractivity contribution in [3.05, 3.63) is 29.6 Å². The number of rotatable bonds is 4. The fraction of sp³-hybridized carbons (Fsp3) is 0.500. The normalized spacial score (nSPS) is 15.4. The molecule has 1 aliphatic rings. The van der Waals surface area contributed by atoms with Crippen molar-refractivity contribution in [2.75, 3.05) is 13.6 Å². The Morgan fingerprint density at radius 1 is 1.42 bits per heavy atom. The van der Waals surface area contributed by atoms with Gasteiger partial charge in [0.05, 0.1) is 5.56 Å². The molecule has 5 heteroatoms. The number of carbonyl (C=O) groups is 2. The molecule has 0 spiro atoms. The van der Waals surface area contributed by atoms with E-state index >= 15 is 0 Å². The highest BCUT2D eigenvalue weighted by molar-refractivity contribution is 5.95. The van der Waals surface area contributed by atoms with E-state index in [1.165, 1.54) is 44.0 Å². The third kappa shape index (κ3) is 3.30. The summed E-state index contributed by atoms with van der Waals surface area (Å²) in [4.78, 5) is 28.7. The third-order valence-corrected chi connectivity index (χ3v) is 3.58. The third-order valence-electron chi connectivity index (χ3n) is 3.58. The quantitative estimate of drug-likeness (QED) is 0.901. The van der Waals surface area contributed by atoms with Gasteiger partial charge in [-0.3, -0.25) is 9.78 Å². The molecule has 0 unspecified atom stereocenters. The van der Waals surface area contributed by atoms with Gasteiger partial charge in [0.2, 0.25) is 0 Å². The number of pyridine rings is 1. The van der Waals surface area contributed by atoms with E-state index < -0.39 is 5.97 Å². The van der Waals surface area contributed by atoms with E-state index in [-0.39, 0.29) is 17.2 Å². The zero-order chi connectivity index (χ0) is 13.8. The zero-order valence-corrected chi connectivity index (χ0v) is 11.0. The molecule has 0 atom stereocenters. The molecular formula is C14H18N2O3. The summed E-state index contributed by atoms with van der Waals surface area (Å²) in [7, 11) is 1.75. The van der Waals surface area contributed by atoms with Gasteiger partial charge in [-0.25, -0.2) is 4.79 Å². The second-order valence-corrected chi connectivity index (χ2v) is 5.07. The van der Waals surface area contributed by atoms with Crippen LogP contribution in [0.3, 0.4) is 0 Å². The van der Waals surface area contributed by atoms with E-state index in [1.807, 2.05) is 0 Å². The molecule has 0 aliphatic heterocycles. The first-order chi connectivity index (χ1) is 9.08. The van der Waals surface area contributed by atoms with Gasteiger partial charge in [0, 0.05) is 19.8 Å². The van der Waals surface area contributed by atoms with Gasteiger partial charge in [0.25, 0.3) is 5.91 Å². The Labute approximate surface area is 112 Å². The van der Waals surface area contributed by atoms with Gasteiger partial charge in [-0.05, 0) is 30.9 Å². The average Bonchev–Trinajstić information content (AvgIpc) is 2.90. The molecule has 1 N–H and O–H groups in total. The molecule has 1 saturated carbocycles. The van der Waals surface area contributed by atoms with Crippen molar-refractivity contribution in [1.82, 2.24) is 9.88 Å². The number of carboxylic acids is 1. The maximum atomic E-state index is 12.2. The van der Waals surface area contributed by atoms with Crippen LogP contribution in [0.4, 0.5) is 0 Å². The summed E-state index contributed by atoms with van der Waals surface area (Å²) in [5.74, 6) is -0.693. The Balaban J connectivity index is 2.05. The Bertz CT molecular complexity index is 481. The molecule has 0 radical (unpaired) electrons. The minimum absolute atomic E-state index is 0.0904. The van der Waals surface area contributed by atoms with Gasteiger partial charge in [-0.2, -0.15) is 0 Å². The van der Waals surface area contributed by atoms with Gasteiger partial charge < -0.3 is 10.0 Å². The van der Waals surface area contributed by atoms with Crippen molar-refractivity contribution in [2.45, 2.75) is 25.7 Å². The van der Waals surface area contributed by atoms with Gasteiger partial charge in [-0.1, -0.05) is 12.8 Å². The van der Waals surface area contributed by atoms with Crippen molar-refractivity contribution >= 4 is 11.9 Å². The molecule has 102 valence electrons. The van der Waals surface area contributed by atoms with Crippen LogP contribution in [0.25, 0.3) is 0 Å². The number of carbonyl (C=O) groups excluding carboxylic acids is 1. The second-order valence-electron chi connectivity index (χ2n) is 5.07. The lowest BCUT2D eigenvalue weighted by atomic mass is 10.1. The largest absolute Gasteiger partial charge is 0.478 e. The van der Waals surface area contributed by atoms with Gasteiger partial charge >= 0.3 is 5.97 Å². The summed E-state index contributed by atoms with van der Waals surface area (Å²) in [5.41, 5.74) is 0.285. The van der Waals surface area contributed by atoms with Gasteiger partial charge in [0.1, 0.15) is 5.69 Å². The topological polar surface area (TPSA) is 70.5 Å². The number of aromatic nitrogens is 1. The fourth-order valence-electron chi connectivity index (χ4n) is 2.54. The highest BCUT2D eigenvalue weighted by Crippen LogP contribution is 2.25. The molecule has 1 amide bonds. The first-order valence-electron chi connectivity index (χ1n) is 6.52. The summed E-state index contributed by atoms with van der Waals surface area (Å²) in [5, 5.41) is 8.91. The molecule has 1 aromatic rings. The standard InChI is InChI=1S/C14H18N2O3/c1-16(9-10-4-2-3-5-10)13(17)12-8-11(14(18)19)6-7-15-12/h6-8,10H,2-5,9H2,1H3,(H,18,19). The van der Waals surface area contributed by atoms with E-state index in [4.69, 9.17) is 5.11 Å². The summed E-state index contributed by atoms with van der Waals surface area (Å²) >= 11 is 0.